The number of thiophene rings is 1. The van der Waals surface area contributed by atoms with Crippen molar-refractivity contribution in [3.8, 4) is 22.6 Å². The summed E-state index contributed by atoms with van der Waals surface area (Å²) in [5.74, 6) is 1.36. The van der Waals surface area contributed by atoms with Crippen LogP contribution in [0.15, 0.2) is 64.8 Å². The molecule has 2 aliphatic heterocycles. The average Bonchev–Trinajstić information content (AvgIpc) is 3.59. The standard InChI is InChI=1S/C26H23NO5S/c28-26(17-5-8-29-14-17)27-7-10-31-25-19(13-27)11-18(12-23(25)32-20-6-9-30-15-20)22-16-33-24-4-2-1-3-21(22)24/h1-5,8,11-12,14,16,20H,6-7,9-10,13,15H2/t20-/m1/s1. The van der Waals surface area contributed by atoms with Crippen molar-refractivity contribution >= 4 is 27.3 Å². The summed E-state index contributed by atoms with van der Waals surface area (Å²) in [5.41, 5.74) is 3.69. The van der Waals surface area contributed by atoms with Crippen molar-refractivity contribution in [1.82, 2.24) is 4.90 Å². The van der Waals surface area contributed by atoms with E-state index < -0.39 is 0 Å². The molecule has 6 rings (SSSR count). The van der Waals surface area contributed by atoms with E-state index in [4.69, 9.17) is 18.6 Å². The number of ether oxygens (including phenoxy) is 3. The molecule has 2 aromatic carbocycles. The minimum absolute atomic E-state index is 0.000845. The van der Waals surface area contributed by atoms with E-state index in [0.717, 1.165) is 23.1 Å². The maximum Gasteiger partial charge on any atom is 0.257 e. The zero-order chi connectivity index (χ0) is 22.2. The van der Waals surface area contributed by atoms with Gasteiger partial charge < -0.3 is 23.5 Å². The predicted molar refractivity (Wildman–Crippen MR) is 126 cm³/mol. The summed E-state index contributed by atoms with van der Waals surface area (Å²) in [4.78, 5) is 14.8. The third kappa shape index (κ3) is 3.87. The highest BCUT2D eigenvalue weighted by molar-refractivity contribution is 7.17. The molecule has 0 saturated carbocycles. The fourth-order valence-corrected chi connectivity index (χ4v) is 5.43. The van der Waals surface area contributed by atoms with E-state index in [1.54, 1.807) is 22.3 Å². The van der Waals surface area contributed by atoms with Crippen LogP contribution in [-0.4, -0.2) is 43.3 Å². The van der Waals surface area contributed by atoms with Gasteiger partial charge in [-0.25, -0.2) is 0 Å². The summed E-state index contributed by atoms with van der Waals surface area (Å²) < 4.78 is 24.4. The van der Waals surface area contributed by atoms with Gasteiger partial charge in [0.05, 0.1) is 31.6 Å². The lowest BCUT2D eigenvalue weighted by atomic mass is 10.0. The van der Waals surface area contributed by atoms with E-state index in [0.29, 0.717) is 50.0 Å². The van der Waals surface area contributed by atoms with E-state index in [2.05, 4.69) is 41.8 Å². The van der Waals surface area contributed by atoms with Gasteiger partial charge in [0.25, 0.3) is 5.91 Å². The molecule has 7 heteroatoms. The maximum atomic E-state index is 13.0. The maximum absolute atomic E-state index is 13.0. The van der Waals surface area contributed by atoms with Crippen LogP contribution in [0, 0.1) is 0 Å². The van der Waals surface area contributed by atoms with Crippen LogP contribution in [0.3, 0.4) is 0 Å². The number of nitrogens with zero attached hydrogens (tertiary/aromatic N) is 1. The Labute approximate surface area is 195 Å². The molecule has 168 valence electrons. The fourth-order valence-electron chi connectivity index (χ4n) is 4.46. The van der Waals surface area contributed by atoms with E-state index in [9.17, 15) is 4.79 Å². The Morgan fingerprint density at radius 2 is 2.09 bits per heavy atom. The monoisotopic (exact) mass is 461 g/mol. The highest BCUT2D eigenvalue weighted by atomic mass is 32.1. The molecule has 0 N–H and O–H groups in total. The molecule has 1 saturated heterocycles. The Balaban J connectivity index is 1.43. The zero-order valence-electron chi connectivity index (χ0n) is 18.0. The lowest BCUT2D eigenvalue weighted by molar-refractivity contribution is 0.0732. The summed E-state index contributed by atoms with van der Waals surface area (Å²) in [5, 5.41) is 3.39. The molecule has 33 heavy (non-hydrogen) atoms. The third-order valence-corrected chi connectivity index (χ3v) is 7.09. The number of hydrogen-bond acceptors (Lipinski definition) is 6. The van der Waals surface area contributed by atoms with Crippen LogP contribution in [-0.2, 0) is 11.3 Å². The van der Waals surface area contributed by atoms with E-state index in [1.165, 1.54) is 22.6 Å². The van der Waals surface area contributed by atoms with Gasteiger partial charge in [0.15, 0.2) is 11.5 Å². The zero-order valence-corrected chi connectivity index (χ0v) is 18.8. The SMILES string of the molecule is O=C(c1ccoc1)N1CCOc2c(cc(-c3csc4ccccc34)cc2O[C@@H]2CCOC2)C1. The molecule has 0 radical (unpaired) electrons. The molecule has 4 aromatic rings. The molecule has 1 atom stereocenters. The van der Waals surface area contributed by atoms with Crippen LogP contribution >= 0.6 is 11.3 Å². The molecule has 0 bridgehead atoms. The normalized spacial score (nSPS) is 18.1. The fraction of sp³-hybridized carbons (Fsp3) is 0.269. The van der Waals surface area contributed by atoms with Gasteiger partial charge in [0.1, 0.15) is 19.0 Å². The van der Waals surface area contributed by atoms with Crippen molar-refractivity contribution in [3.63, 3.8) is 0 Å². The lowest BCUT2D eigenvalue weighted by Gasteiger charge is -2.20. The first-order valence-corrected chi connectivity index (χ1v) is 12.0. The first kappa shape index (κ1) is 20.3. The van der Waals surface area contributed by atoms with Crippen LogP contribution in [0.5, 0.6) is 11.5 Å². The van der Waals surface area contributed by atoms with Crippen molar-refractivity contribution in [2.45, 2.75) is 19.1 Å². The molecule has 0 aliphatic carbocycles. The third-order valence-electron chi connectivity index (χ3n) is 6.13. The Bertz CT molecular complexity index is 1290. The number of furan rings is 1. The van der Waals surface area contributed by atoms with Crippen LogP contribution < -0.4 is 9.47 Å². The molecular weight excluding hydrogens is 438 g/mol. The highest BCUT2D eigenvalue weighted by Gasteiger charge is 2.27. The van der Waals surface area contributed by atoms with E-state index in [1.807, 2.05) is 0 Å². The largest absolute Gasteiger partial charge is 0.487 e. The van der Waals surface area contributed by atoms with Gasteiger partial charge >= 0.3 is 0 Å². The number of carbonyl (C=O) groups excluding carboxylic acids is 1. The number of benzene rings is 2. The van der Waals surface area contributed by atoms with Crippen molar-refractivity contribution in [2.75, 3.05) is 26.4 Å². The molecule has 2 aromatic heterocycles. The number of amides is 1. The van der Waals surface area contributed by atoms with Crippen molar-refractivity contribution in [3.05, 3.63) is 71.5 Å². The van der Waals surface area contributed by atoms with Gasteiger partial charge in [-0.1, -0.05) is 18.2 Å². The summed E-state index contributed by atoms with van der Waals surface area (Å²) in [6.45, 7) is 2.60. The van der Waals surface area contributed by atoms with Gasteiger partial charge in [-0.05, 0) is 35.2 Å². The summed E-state index contributed by atoms with van der Waals surface area (Å²) >= 11 is 1.73. The summed E-state index contributed by atoms with van der Waals surface area (Å²) in [7, 11) is 0. The quantitative estimate of drug-likeness (QED) is 0.409. The number of rotatable bonds is 4. The molecule has 0 spiro atoms. The minimum atomic E-state index is -0.0711. The van der Waals surface area contributed by atoms with Gasteiger partial charge in [-0.15, -0.1) is 11.3 Å². The van der Waals surface area contributed by atoms with Crippen LogP contribution in [0.25, 0.3) is 21.2 Å². The van der Waals surface area contributed by atoms with Gasteiger partial charge in [-0.3, -0.25) is 4.79 Å². The van der Waals surface area contributed by atoms with E-state index in [-0.39, 0.29) is 12.0 Å². The van der Waals surface area contributed by atoms with Crippen molar-refractivity contribution in [2.24, 2.45) is 0 Å². The summed E-state index contributed by atoms with van der Waals surface area (Å²) in [6, 6.07) is 14.3. The highest BCUT2D eigenvalue weighted by Crippen LogP contribution is 2.42. The number of fused-ring (bicyclic) bond motifs is 2. The molecule has 4 heterocycles. The molecule has 0 unspecified atom stereocenters. The van der Waals surface area contributed by atoms with Gasteiger partial charge in [0.2, 0.25) is 0 Å². The van der Waals surface area contributed by atoms with Crippen molar-refractivity contribution in [1.29, 1.82) is 0 Å². The second kappa shape index (κ2) is 8.57. The summed E-state index contributed by atoms with van der Waals surface area (Å²) in [6.07, 6.45) is 3.85. The second-order valence-corrected chi connectivity index (χ2v) is 9.21. The Hall–Kier alpha value is -3.29. The predicted octanol–water partition coefficient (Wildman–Crippen LogP) is 5.36. The average molecular weight is 462 g/mol. The van der Waals surface area contributed by atoms with Crippen LogP contribution in [0.2, 0.25) is 0 Å². The second-order valence-electron chi connectivity index (χ2n) is 8.30. The molecular formula is C26H23NO5S. The lowest BCUT2D eigenvalue weighted by Crippen LogP contribution is -2.32. The Kier molecular flexibility index (Phi) is 5.28. The van der Waals surface area contributed by atoms with Gasteiger partial charge in [0, 0.05) is 34.2 Å². The first-order valence-electron chi connectivity index (χ1n) is 11.1. The molecule has 1 amide bonds. The minimum Gasteiger partial charge on any atom is -0.487 e. The first-order chi connectivity index (χ1) is 16.3. The molecule has 2 aliphatic rings. The van der Waals surface area contributed by atoms with Crippen LogP contribution in [0.1, 0.15) is 22.3 Å². The topological polar surface area (TPSA) is 61.1 Å². The molecule has 6 nitrogen and oxygen atoms in total. The number of hydrogen-bond donors (Lipinski definition) is 0. The van der Waals surface area contributed by atoms with Crippen molar-refractivity contribution < 1.29 is 23.4 Å². The Morgan fingerprint density at radius 1 is 1.15 bits per heavy atom. The van der Waals surface area contributed by atoms with Gasteiger partial charge in [-0.2, -0.15) is 0 Å². The van der Waals surface area contributed by atoms with E-state index >= 15 is 0 Å². The number of carbonyl (C=O) groups is 1. The van der Waals surface area contributed by atoms with Crippen LogP contribution in [0.4, 0.5) is 0 Å². The molecule has 1 fully saturated rings. The Morgan fingerprint density at radius 3 is 2.94 bits per heavy atom. The smallest absolute Gasteiger partial charge is 0.257 e.